The molecule has 0 saturated heterocycles. The molecular weight excluding hydrogens is 375 g/mol. The minimum atomic E-state index is -1.83. The third-order valence-electron chi connectivity index (χ3n) is 8.89. The second kappa shape index (κ2) is 6.63. The van der Waals surface area contributed by atoms with Gasteiger partial charge >= 0.3 is 5.97 Å². The largest absolute Gasteiger partial charge is 0.466 e. The summed E-state index contributed by atoms with van der Waals surface area (Å²) in [7, 11) is 0. The molecule has 0 aromatic heterocycles. The number of allylic oxidation sites excluding steroid dienone is 4. The average Bonchev–Trinajstić information content (AvgIpc) is 2.83. The number of fused-ring (bicyclic) bond motifs is 5. The zero-order valence-electron chi connectivity index (χ0n) is 17.5. The van der Waals surface area contributed by atoms with E-state index in [-0.39, 0.29) is 31.8 Å². The Morgan fingerprint density at radius 1 is 1.28 bits per heavy atom. The summed E-state index contributed by atoms with van der Waals surface area (Å²) in [4.78, 5) is 11.1. The van der Waals surface area contributed by atoms with E-state index in [9.17, 15) is 20.1 Å². The van der Waals surface area contributed by atoms with Crippen molar-refractivity contribution in [2.24, 2.45) is 22.7 Å². The number of esters is 1. The molecule has 0 heterocycles. The smallest absolute Gasteiger partial charge is 0.302 e. The van der Waals surface area contributed by atoms with Crippen LogP contribution in [-0.4, -0.2) is 51.4 Å². The van der Waals surface area contributed by atoms with E-state index in [1.54, 1.807) is 0 Å². The maximum atomic E-state index is 16.9. The number of halogens is 1. The van der Waals surface area contributed by atoms with Crippen molar-refractivity contribution in [2.45, 2.75) is 82.8 Å². The number of ether oxygens (including phenoxy) is 1. The maximum absolute atomic E-state index is 16.9. The maximum Gasteiger partial charge on any atom is 0.302 e. The molecule has 4 rings (SSSR count). The highest BCUT2D eigenvalue weighted by Gasteiger charge is 2.74. The third kappa shape index (κ3) is 2.58. The van der Waals surface area contributed by atoms with Crippen LogP contribution in [0.5, 0.6) is 0 Å². The molecule has 0 radical (unpaired) electrons. The van der Waals surface area contributed by atoms with Gasteiger partial charge < -0.3 is 20.1 Å². The van der Waals surface area contributed by atoms with Gasteiger partial charge in [-0.25, -0.2) is 4.39 Å². The molecule has 3 saturated carbocycles. The molecule has 0 spiro atoms. The van der Waals surface area contributed by atoms with Gasteiger partial charge in [0.1, 0.15) is 0 Å². The minimum absolute atomic E-state index is 0.0138. The molecule has 8 atom stereocenters. The summed E-state index contributed by atoms with van der Waals surface area (Å²) < 4.78 is 21.9. The van der Waals surface area contributed by atoms with Crippen LogP contribution in [0.1, 0.15) is 59.3 Å². The summed E-state index contributed by atoms with van der Waals surface area (Å²) in [6.07, 6.45) is 6.23. The van der Waals surface area contributed by atoms with Crippen molar-refractivity contribution in [3.63, 3.8) is 0 Å². The molecule has 3 N–H and O–H groups in total. The van der Waals surface area contributed by atoms with E-state index >= 15 is 4.39 Å². The van der Waals surface area contributed by atoms with Crippen LogP contribution in [0.4, 0.5) is 4.39 Å². The highest BCUT2D eigenvalue weighted by molar-refractivity contribution is 5.65. The number of carbonyl (C=O) groups excluding carboxylic acids is 1. The first-order chi connectivity index (χ1) is 13.5. The van der Waals surface area contributed by atoms with Crippen molar-refractivity contribution in [3.8, 4) is 0 Å². The van der Waals surface area contributed by atoms with Crippen molar-refractivity contribution in [1.82, 2.24) is 0 Å². The highest BCUT2D eigenvalue weighted by atomic mass is 19.1. The van der Waals surface area contributed by atoms with Crippen molar-refractivity contribution in [3.05, 3.63) is 23.8 Å². The number of carbonyl (C=O) groups is 1. The second-order valence-corrected chi connectivity index (χ2v) is 9.99. The molecule has 0 bridgehead atoms. The van der Waals surface area contributed by atoms with Crippen molar-refractivity contribution in [2.75, 3.05) is 6.61 Å². The fraction of sp³-hybridized carbons (Fsp3) is 0.783. The van der Waals surface area contributed by atoms with Gasteiger partial charge in [-0.1, -0.05) is 30.7 Å². The molecule has 5 nitrogen and oxygen atoms in total. The summed E-state index contributed by atoms with van der Waals surface area (Å²) in [5.41, 5.74) is -4.04. The molecule has 0 unspecified atom stereocenters. The topological polar surface area (TPSA) is 87.0 Å². The van der Waals surface area contributed by atoms with Gasteiger partial charge in [-0.3, -0.25) is 4.79 Å². The Morgan fingerprint density at radius 3 is 2.69 bits per heavy atom. The Bertz CT molecular complexity index is 764. The molecule has 3 fully saturated rings. The van der Waals surface area contributed by atoms with Crippen molar-refractivity contribution >= 4 is 5.97 Å². The Balaban J connectivity index is 1.71. The lowest BCUT2D eigenvalue weighted by Crippen LogP contribution is -2.68. The normalized spacial score (nSPS) is 50.9. The molecule has 6 heteroatoms. The van der Waals surface area contributed by atoms with Gasteiger partial charge in [0.15, 0.2) is 5.67 Å². The van der Waals surface area contributed by atoms with Crippen LogP contribution < -0.4 is 0 Å². The fourth-order valence-electron chi connectivity index (χ4n) is 7.25. The van der Waals surface area contributed by atoms with E-state index in [0.717, 1.165) is 18.4 Å². The van der Waals surface area contributed by atoms with Gasteiger partial charge in [-0.2, -0.15) is 0 Å². The summed E-state index contributed by atoms with van der Waals surface area (Å²) in [6.45, 7) is 5.02. The standard InChI is InChI=1S/C23H33FO5/c1-14(25)29-11-10-22(28)18(26)12-17-16-8-7-15-6-4-5-9-20(15,2)23(16,24)19(27)13-21(17,22)3/h5-6,9,16-19,26-28H,4,7-8,10-13H2,1-3H3/t16-,17-,18+,19-,20-,21-,22+,23-/m0/s1. The molecule has 0 amide bonds. The van der Waals surface area contributed by atoms with Crippen LogP contribution in [0.25, 0.3) is 0 Å². The van der Waals surface area contributed by atoms with Gasteiger partial charge in [0.05, 0.1) is 24.4 Å². The van der Waals surface area contributed by atoms with Crippen molar-refractivity contribution in [1.29, 1.82) is 0 Å². The lowest BCUT2D eigenvalue weighted by atomic mass is 9.44. The van der Waals surface area contributed by atoms with Crippen LogP contribution in [-0.2, 0) is 9.53 Å². The molecule has 4 aliphatic carbocycles. The molecule has 0 aliphatic heterocycles. The van der Waals surface area contributed by atoms with Gasteiger partial charge in [0, 0.05) is 30.1 Å². The summed E-state index contributed by atoms with van der Waals surface area (Å²) in [5, 5.41) is 33.6. The molecule has 0 aromatic rings. The summed E-state index contributed by atoms with van der Waals surface area (Å²) in [6, 6.07) is 0. The summed E-state index contributed by atoms with van der Waals surface area (Å²) in [5.74, 6) is -1.17. The van der Waals surface area contributed by atoms with Crippen molar-refractivity contribution < 1.29 is 29.2 Å². The molecule has 29 heavy (non-hydrogen) atoms. The van der Waals surface area contributed by atoms with E-state index in [2.05, 4.69) is 6.08 Å². The molecule has 0 aromatic carbocycles. The van der Waals surface area contributed by atoms with E-state index < -0.39 is 46.2 Å². The molecule has 4 aliphatic rings. The molecule has 162 valence electrons. The first-order valence-electron chi connectivity index (χ1n) is 10.8. The van der Waals surface area contributed by atoms with Gasteiger partial charge in [-0.15, -0.1) is 0 Å². The Kier molecular flexibility index (Phi) is 4.80. The minimum Gasteiger partial charge on any atom is -0.466 e. The number of aliphatic hydroxyl groups is 3. The third-order valence-corrected chi connectivity index (χ3v) is 8.89. The van der Waals surface area contributed by atoms with Gasteiger partial charge in [-0.05, 0) is 44.9 Å². The van der Waals surface area contributed by atoms with E-state index in [4.69, 9.17) is 4.74 Å². The molecular formula is C23H33FO5. The van der Waals surface area contributed by atoms with Crippen LogP contribution >= 0.6 is 0 Å². The summed E-state index contributed by atoms with van der Waals surface area (Å²) >= 11 is 0. The quantitative estimate of drug-likeness (QED) is 0.494. The van der Waals surface area contributed by atoms with Gasteiger partial charge in [0.25, 0.3) is 0 Å². The Hall–Kier alpha value is -1.24. The first kappa shape index (κ1) is 21.0. The lowest BCUT2D eigenvalue weighted by molar-refractivity contribution is -0.226. The fourth-order valence-corrected chi connectivity index (χ4v) is 7.25. The van der Waals surface area contributed by atoms with Crippen LogP contribution in [0.2, 0.25) is 0 Å². The predicted octanol–water partition coefficient (Wildman–Crippen LogP) is 2.83. The van der Waals surface area contributed by atoms with E-state index in [0.29, 0.717) is 6.42 Å². The van der Waals surface area contributed by atoms with Crippen LogP contribution in [0.15, 0.2) is 23.8 Å². The first-order valence-corrected chi connectivity index (χ1v) is 10.8. The zero-order chi connectivity index (χ0) is 21.2. The van der Waals surface area contributed by atoms with Crippen LogP contribution in [0.3, 0.4) is 0 Å². The Morgan fingerprint density at radius 2 is 2.00 bits per heavy atom. The number of hydrogen-bond donors (Lipinski definition) is 3. The highest BCUT2D eigenvalue weighted by Crippen LogP contribution is 2.70. The van der Waals surface area contributed by atoms with E-state index in [1.165, 1.54) is 6.92 Å². The lowest BCUT2D eigenvalue weighted by Gasteiger charge is -2.62. The monoisotopic (exact) mass is 408 g/mol. The van der Waals surface area contributed by atoms with Gasteiger partial charge in [0.2, 0.25) is 0 Å². The number of hydrogen-bond acceptors (Lipinski definition) is 5. The van der Waals surface area contributed by atoms with E-state index in [1.807, 2.05) is 26.0 Å². The SMILES string of the molecule is CC(=O)OCC[C@@]1(O)[C@H](O)C[C@H]2[C@@H]3CCC4=CCC=C[C@]4(C)[C@@]3(F)[C@@H](O)C[C@@]21C. The average molecular weight is 409 g/mol. The Labute approximate surface area is 171 Å². The zero-order valence-corrected chi connectivity index (χ0v) is 17.5. The number of rotatable bonds is 3. The number of aliphatic hydroxyl groups excluding tert-OH is 2. The number of alkyl halides is 1. The van der Waals surface area contributed by atoms with Crippen LogP contribution in [0, 0.1) is 22.7 Å². The predicted molar refractivity (Wildman–Crippen MR) is 106 cm³/mol. The second-order valence-electron chi connectivity index (χ2n) is 9.99.